The lowest BCUT2D eigenvalue weighted by Crippen LogP contribution is -2.05. The molecule has 0 aliphatic rings. The lowest BCUT2D eigenvalue weighted by molar-refractivity contribution is 0.457. The van der Waals surface area contributed by atoms with E-state index in [2.05, 4.69) is 15.0 Å². The lowest BCUT2D eigenvalue weighted by atomic mass is 10.1. The summed E-state index contributed by atoms with van der Waals surface area (Å²) in [6, 6.07) is 17.5. The third kappa shape index (κ3) is 3.22. The van der Waals surface area contributed by atoms with E-state index >= 15 is 0 Å². The molecule has 4 rings (SSSR count). The molecule has 0 fully saturated rings. The number of rotatable bonds is 3. The van der Waals surface area contributed by atoms with Gasteiger partial charge >= 0.3 is 0 Å². The van der Waals surface area contributed by atoms with Gasteiger partial charge in [0.15, 0.2) is 40.7 Å². The lowest BCUT2D eigenvalue weighted by Gasteiger charge is -2.10. The van der Waals surface area contributed by atoms with E-state index in [9.17, 15) is 17.6 Å². The zero-order valence-electron chi connectivity index (χ0n) is 14.2. The minimum Gasteiger partial charge on any atom is -0.208 e. The van der Waals surface area contributed by atoms with E-state index in [-0.39, 0.29) is 17.7 Å². The average molecular weight is 381 g/mol. The predicted octanol–water partition coefficient (Wildman–Crippen LogP) is 5.43. The van der Waals surface area contributed by atoms with Gasteiger partial charge in [0.25, 0.3) is 0 Å². The highest BCUT2D eigenvalue weighted by Gasteiger charge is 2.24. The van der Waals surface area contributed by atoms with Gasteiger partial charge in [0.05, 0.1) is 5.56 Å². The van der Waals surface area contributed by atoms with Gasteiger partial charge in [-0.3, -0.25) is 0 Å². The van der Waals surface area contributed by atoms with Crippen LogP contribution in [-0.2, 0) is 0 Å². The standard InChI is InChI=1S/C21H11F4N3/c22-14-11-15(23)18(25)16(17(14)24)21-27-19(12-7-3-1-4-8-12)26-20(28-21)13-9-5-2-6-10-13/h1-11H. The zero-order valence-corrected chi connectivity index (χ0v) is 14.2. The first kappa shape index (κ1) is 17.8. The molecule has 7 heteroatoms. The van der Waals surface area contributed by atoms with Gasteiger partial charge in [0.1, 0.15) is 0 Å². The number of nitrogens with zero attached hydrogens (tertiary/aromatic N) is 3. The fourth-order valence-electron chi connectivity index (χ4n) is 2.69. The molecule has 0 atom stereocenters. The first-order chi connectivity index (χ1) is 13.5. The molecule has 138 valence electrons. The van der Waals surface area contributed by atoms with Gasteiger partial charge in [-0.1, -0.05) is 60.7 Å². The van der Waals surface area contributed by atoms with Crippen LogP contribution in [0.1, 0.15) is 0 Å². The van der Waals surface area contributed by atoms with Crippen LogP contribution in [0.5, 0.6) is 0 Å². The molecule has 0 spiro atoms. The van der Waals surface area contributed by atoms with E-state index in [0.29, 0.717) is 11.1 Å². The van der Waals surface area contributed by atoms with Crippen molar-refractivity contribution in [2.75, 3.05) is 0 Å². The second kappa shape index (κ2) is 7.19. The second-order valence-electron chi connectivity index (χ2n) is 5.88. The maximum atomic E-state index is 14.3. The second-order valence-corrected chi connectivity index (χ2v) is 5.88. The van der Waals surface area contributed by atoms with Crippen LogP contribution in [0.15, 0.2) is 66.7 Å². The van der Waals surface area contributed by atoms with Crippen molar-refractivity contribution in [2.45, 2.75) is 0 Å². The quantitative estimate of drug-likeness (QED) is 0.351. The topological polar surface area (TPSA) is 38.7 Å². The molecule has 0 aliphatic heterocycles. The largest absolute Gasteiger partial charge is 0.208 e. The molecule has 0 unspecified atom stereocenters. The zero-order chi connectivity index (χ0) is 19.7. The first-order valence-corrected chi connectivity index (χ1v) is 8.25. The first-order valence-electron chi connectivity index (χ1n) is 8.25. The van der Waals surface area contributed by atoms with Crippen LogP contribution in [-0.4, -0.2) is 15.0 Å². The van der Waals surface area contributed by atoms with Gasteiger partial charge in [0, 0.05) is 17.2 Å². The van der Waals surface area contributed by atoms with Gasteiger partial charge < -0.3 is 0 Å². The smallest absolute Gasteiger partial charge is 0.173 e. The number of halogens is 4. The Morgan fingerprint density at radius 3 is 1.32 bits per heavy atom. The Morgan fingerprint density at radius 2 is 0.893 bits per heavy atom. The van der Waals surface area contributed by atoms with Crippen LogP contribution in [0.2, 0.25) is 0 Å². The van der Waals surface area contributed by atoms with E-state index < -0.39 is 34.7 Å². The molecule has 3 nitrogen and oxygen atoms in total. The fourth-order valence-corrected chi connectivity index (χ4v) is 2.69. The van der Waals surface area contributed by atoms with Crippen molar-refractivity contribution in [2.24, 2.45) is 0 Å². The van der Waals surface area contributed by atoms with Crippen molar-refractivity contribution >= 4 is 0 Å². The predicted molar refractivity (Wildman–Crippen MR) is 96.0 cm³/mol. The molecule has 0 saturated heterocycles. The Morgan fingerprint density at radius 1 is 0.500 bits per heavy atom. The third-order valence-corrected chi connectivity index (χ3v) is 4.03. The van der Waals surface area contributed by atoms with E-state index in [1.165, 1.54) is 0 Å². The molecule has 28 heavy (non-hydrogen) atoms. The molecule has 1 heterocycles. The summed E-state index contributed by atoms with van der Waals surface area (Å²) in [7, 11) is 0. The molecule has 3 aromatic carbocycles. The number of benzene rings is 3. The average Bonchev–Trinajstić information content (AvgIpc) is 2.74. The van der Waals surface area contributed by atoms with Crippen LogP contribution in [0, 0.1) is 23.3 Å². The van der Waals surface area contributed by atoms with Crippen molar-refractivity contribution in [3.8, 4) is 34.2 Å². The van der Waals surface area contributed by atoms with Gasteiger partial charge in [-0.05, 0) is 0 Å². The summed E-state index contributed by atoms with van der Waals surface area (Å²) < 4.78 is 56.0. The van der Waals surface area contributed by atoms with Crippen LogP contribution < -0.4 is 0 Å². The monoisotopic (exact) mass is 381 g/mol. The SMILES string of the molecule is Fc1cc(F)c(F)c(-c2nc(-c3ccccc3)nc(-c3ccccc3)n2)c1F. The Labute approximate surface area is 157 Å². The number of hydrogen-bond acceptors (Lipinski definition) is 3. The maximum absolute atomic E-state index is 14.3. The minimum atomic E-state index is -1.57. The normalized spacial score (nSPS) is 10.9. The Balaban J connectivity index is 2.01. The third-order valence-electron chi connectivity index (χ3n) is 4.03. The van der Waals surface area contributed by atoms with Gasteiger partial charge in [-0.15, -0.1) is 0 Å². The van der Waals surface area contributed by atoms with Crippen molar-refractivity contribution in [3.63, 3.8) is 0 Å². The van der Waals surface area contributed by atoms with E-state index in [1.54, 1.807) is 60.7 Å². The molecule has 0 aliphatic carbocycles. The van der Waals surface area contributed by atoms with Crippen LogP contribution in [0.3, 0.4) is 0 Å². The minimum absolute atomic E-state index is 0.118. The van der Waals surface area contributed by atoms with Crippen LogP contribution >= 0.6 is 0 Å². The summed E-state index contributed by atoms with van der Waals surface area (Å²) in [4.78, 5) is 12.5. The van der Waals surface area contributed by atoms with E-state index in [4.69, 9.17) is 0 Å². The van der Waals surface area contributed by atoms with Gasteiger partial charge in [-0.2, -0.15) is 0 Å². The molecule has 1 aromatic heterocycles. The molecular weight excluding hydrogens is 370 g/mol. The highest BCUT2D eigenvalue weighted by Crippen LogP contribution is 2.30. The molecule has 0 amide bonds. The Hall–Kier alpha value is -3.61. The molecular formula is C21H11F4N3. The Kier molecular flexibility index (Phi) is 4.57. The van der Waals surface area contributed by atoms with Crippen molar-refractivity contribution in [1.29, 1.82) is 0 Å². The molecule has 0 saturated carbocycles. The maximum Gasteiger partial charge on any atom is 0.173 e. The fraction of sp³-hybridized carbons (Fsp3) is 0. The number of hydrogen-bond donors (Lipinski definition) is 0. The highest BCUT2D eigenvalue weighted by molar-refractivity contribution is 5.67. The van der Waals surface area contributed by atoms with Crippen molar-refractivity contribution < 1.29 is 17.6 Å². The van der Waals surface area contributed by atoms with Gasteiger partial charge in [-0.25, -0.2) is 32.5 Å². The van der Waals surface area contributed by atoms with Crippen molar-refractivity contribution in [1.82, 2.24) is 15.0 Å². The van der Waals surface area contributed by atoms with E-state index in [0.717, 1.165) is 0 Å². The summed E-state index contributed by atoms with van der Waals surface area (Å²) in [6.07, 6.45) is 0. The van der Waals surface area contributed by atoms with Gasteiger partial charge in [0.2, 0.25) is 0 Å². The summed E-state index contributed by atoms with van der Waals surface area (Å²) in [5, 5.41) is 0. The van der Waals surface area contributed by atoms with Crippen LogP contribution in [0.4, 0.5) is 17.6 Å². The summed E-state index contributed by atoms with van der Waals surface area (Å²) in [5.41, 5.74) is 0.135. The molecule has 0 N–H and O–H groups in total. The summed E-state index contributed by atoms with van der Waals surface area (Å²) in [6.45, 7) is 0. The number of aromatic nitrogens is 3. The summed E-state index contributed by atoms with van der Waals surface area (Å²) in [5.74, 6) is -6.46. The molecule has 0 bridgehead atoms. The summed E-state index contributed by atoms with van der Waals surface area (Å²) >= 11 is 0. The Bertz CT molecular complexity index is 1070. The van der Waals surface area contributed by atoms with Crippen LogP contribution in [0.25, 0.3) is 34.2 Å². The highest BCUT2D eigenvalue weighted by atomic mass is 19.2. The molecule has 4 aromatic rings. The van der Waals surface area contributed by atoms with Crippen molar-refractivity contribution in [3.05, 3.63) is 90.0 Å². The molecule has 0 radical (unpaired) electrons. The van der Waals surface area contributed by atoms with E-state index in [1.807, 2.05) is 0 Å².